The van der Waals surface area contributed by atoms with Crippen molar-refractivity contribution < 1.29 is 10.2 Å². The van der Waals surface area contributed by atoms with Gasteiger partial charge in [0.2, 0.25) is 0 Å². The number of aliphatic hydroxyl groups is 2. The molecule has 3 atom stereocenters. The summed E-state index contributed by atoms with van der Waals surface area (Å²) in [6.45, 7) is 4.50. The van der Waals surface area contributed by atoms with Gasteiger partial charge in [-0.25, -0.2) is 0 Å². The van der Waals surface area contributed by atoms with Gasteiger partial charge in [-0.3, -0.25) is 0 Å². The Hall–Kier alpha value is -0.120. The summed E-state index contributed by atoms with van der Waals surface area (Å²) in [6, 6.07) is 0. The lowest BCUT2D eigenvalue weighted by Gasteiger charge is -2.21. The fraction of sp³-hybridized carbons (Fsp3) is 1.00. The van der Waals surface area contributed by atoms with Gasteiger partial charge in [0.1, 0.15) is 0 Å². The second-order valence-electron chi connectivity index (χ2n) is 3.99. The smallest absolute Gasteiger partial charge is 0.0474 e. The second kappa shape index (κ2) is 4.21. The lowest BCUT2D eigenvalue weighted by atomic mass is 9.86. The van der Waals surface area contributed by atoms with E-state index >= 15 is 0 Å². The van der Waals surface area contributed by atoms with E-state index < -0.39 is 0 Å². The van der Waals surface area contributed by atoms with Crippen molar-refractivity contribution in [1.29, 1.82) is 0 Å². The molecule has 12 heavy (non-hydrogen) atoms. The molecule has 1 saturated heterocycles. The number of aliphatic hydroxyl groups excluding tert-OH is 2. The number of rotatable bonds is 3. The van der Waals surface area contributed by atoms with Crippen molar-refractivity contribution >= 4 is 0 Å². The molecule has 0 amide bonds. The molecular weight excluding hydrogens is 154 g/mol. The minimum absolute atomic E-state index is 0.231. The van der Waals surface area contributed by atoms with Crippen molar-refractivity contribution in [1.82, 2.24) is 4.90 Å². The van der Waals surface area contributed by atoms with Gasteiger partial charge in [0.05, 0.1) is 0 Å². The van der Waals surface area contributed by atoms with Crippen LogP contribution in [-0.4, -0.2) is 48.5 Å². The summed E-state index contributed by atoms with van der Waals surface area (Å²) in [5.41, 5.74) is 0. The van der Waals surface area contributed by atoms with Crippen molar-refractivity contribution in [3.8, 4) is 0 Å². The lowest BCUT2D eigenvalue weighted by molar-refractivity contribution is 0.134. The van der Waals surface area contributed by atoms with Crippen molar-refractivity contribution in [2.24, 2.45) is 17.8 Å². The molecule has 2 N–H and O–H groups in total. The van der Waals surface area contributed by atoms with E-state index in [1.165, 1.54) is 0 Å². The Labute approximate surface area is 74.0 Å². The van der Waals surface area contributed by atoms with Crippen LogP contribution in [0, 0.1) is 17.8 Å². The monoisotopic (exact) mass is 173 g/mol. The summed E-state index contributed by atoms with van der Waals surface area (Å²) in [6.07, 6.45) is 0. The van der Waals surface area contributed by atoms with Crippen molar-refractivity contribution in [2.45, 2.75) is 6.92 Å². The van der Waals surface area contributed by atoms with Gasteiger partial charge in [-0.15, -0.1) is 0 Å². The number of likely N-dealkylation sites (tertiary alicyclic amines) is 1. The zero-order valence-electron chi connectivity index (χ0n) is 7.90. The maximum absolute atomic E-state index is 9.09. The average Bonchev–Trinajstić information content (AvgIpc) is 2.45. The predicted octanol–water partition coefficient (Wildman–Crippen LogP) is -0.215. The Kier molecular flexibility index (Phi) is 3.50. The number of hydrogen-bond acceptors (Lipinski definition) is 3. The zero-order valence-corrected chi connectivity index (χ0v) is 7.90. The summed E-state index contributed by atoms with van der Waals surface area (Å²) in [5.74, 6) is 1.13. The van der Waals surface area contributed by atoms with E-state index in [0.29, 0.717) is 17.8 Å². The summed E-state index contributed by atoms with van der Waals surface area (Å²) in [4.78, 5) is 2.22. The average molecular weight is 173 g/mol. The Morgan fingerprint density at radius 3 is 2.58 bits per heavy atom. The molecule has 72 valence electrons. The third-order valence-electron chi connectivity index (χ3n) is 2.93. The van der Waals surface area contributed by atoms with Crippen LogP contribution in [0.4, 0.5) is 0 Å². The molecule has 0 bridgehead atoms. The Morgan fingerprint density at radius 2 is 2.08 bits per heavy atom. The molecule has 0 aliphatic carbocycles. The molecule has 0 spiro atoms. The van der Waals surface area contributed by atoms with Crippen LogP contribution < -0.4 is 0 Å². The van der Waals surface area contributed by atoms with Crippen LogP contribution in [-0.2, 0) is 0 Å². The highest BCUT2D eigenvalue weighted by Crippen LogP contribution is 2.28. The number of hydrogen-bond donors (Lipinski definition) is 2. The third kappa shape index (κ3) is 1.97. The summed E-state index contributed by atoms with van der Waals surface area (Å²) < 4.78 is 0. The molecule has 1 aliphatic heterocycles. The summed E-state index contributed by atoms with van der Waals surface area (Å²) in [7, 11) is 2.06. The van der Waals surface area contributed by atoms with Crippen molar-refractivity contribution in [2.75, 3.05) is 33.4 Å². The maximum Gasteiger partial charge on any atom is 0.0474 e. The molecular formula is C9H19NO2. The molecule has 0 radical (unpaired) electrons. The standard InChI is InChI=1S/C9H19NO2/c1-7(5-11)9-4-10(2)3-8(9)6-12/h7-9,11-12H,3-6H2,1-2H3. The van der Waals surface area contributed by atoms with Crippen LogP contribution in [0.1, 0.15) is 6.92 Å². The first-order valence-electron chi connectivity index (χ1n) is 4.59. The van der Waals surface area contributed by atoms with Gasteiger partial charge in [-0.05, 0) is 24.8 Å². The highest BCUT2D eigenvalue weighted by molar-refractivity contribution is 4.84. The predicted molar refractivity (Wildman–Crippen MR) is 47.8 cm³/mol. The van der Waals surface area contributed by atoms with E-state index in [-0.39, 0.29) is 13.2 Å². The molecule has 0 aromatic heterocycles. The second-order valence-corrected chi connectivity index (χ2v) is 3.99. The van der Waals surface area contributed by atoms with E-state index in [0.717, 1.165) is 13.1 Å². The third-order valence-corrected chi connectivity index (χ3v) is 2.93. The lowest BCUT2D eigenvalue weighted by Crippen LogP contribution is -2.25. The Bertz CT molecular complexity index is 140. The molecule has 1 heterocycles. The first kappa shape index (κ1) is 9.96. The van der Waals surface area contributed by atoms with Gasteiger partial charge in [-0.2, -0.15) is 0 Å². The normalized spacial score (nSPS) is 34.0. The fourth-order valence-electron chi connectivity index (χ4n) is 2.09. The van der Waals surface area contributed by atoms with Crippen LogP contribution in [0.3, 0.4) is 0 Å². The van der Waals surface area contributed by atoms with Crippen LogP contribution in [0.25, 0.3) is 0 Å². The van der Waals surface area contributed by atoms with Crippen LogP contribution in [0.15, 0.2) is 0 Å². The van der Waals surface area contributed by atoms with E-state index in [2.05, 4.69) is 11.9 Å². The minimum atomic E-state index is 0.231. The minimum Gasteiger partial charge on any atom is -0.396 e. The molecule has 0 aromatic rings. The van der Waals surface area contributed by atoms with Crippen LogP contribution in [0.2, 0.25) is 0 Å². The van der Waals surface area contributed by atoms with Crippen molar-refractivity contribution in [3.63, 3.8) is 0 Å². The summed E-state index contributed by atoms with van der Waals surface area (Å²) >= 11 is 0. The van der Waals surface area contributed by atoms with Gasteiger partial charge in [-0.1, -0.05) is 6.92 Å². The van der Waals surface area contributed by atoms with Gasteiger partial charge >= 0.3 is 0 Å². The van der Waals surface area contributed by atoms with Crippen molar-refractivity contribution in [3.05, 3.63) is 0 Å². The Morgan fingerprint density at radius 1 is 1.42 bits per heavy atom. The van der Waals surface area contributed by atoms with E-state index in [1.807, 2.05) is 6.92 Å². The molecule has 1 fully saturated rings. The van der Waals surface area contributed by atoms with Gasteiger partial charge in [0.25, 0.3) is 0 Å². The molecule has 0 saturated carbocycles. The SMILES string of the molecule is CC(CO)C1CN(C)CC1CO. The first-order chi connectivity index (χ1) is 5.69. The van der Waals surface area contributed by atoms with Gasteiger partial charge in [0.15, 0.2) is 0 Å². The quantitative estimate of drug-likeness (QED) is 0.620. The molecule has 1 aliphatic rings. The topological polar surface area (TPSA) is 43.7 Å². The van der Waals surface area contributed by atoms with E-state index in [9.17, 15) is 0 Å². The maximum atomic E-state index is 9.09. The van der Waals surface area contributed by atoms with Crippen LogP contribution in [0.5, 0.6) is 0 Å². The molecule has 1 rings (SSSR count). The highest BCUT2D eigenvalue weighted by Gasteiger charge is 2.33. The van der Waals surface area contributed by atoms with E-state index in [1.54, 1.807) is 0 Å². The van der Waals surface area contributed by atoms with Crippen LogP contribution >= 0.6 is 0 Å². The molecule has 3 heteroatoms. The molecule has 3 unspecified atom stereocenters. The largest absolute Gasteiger partial charge is 0.396 e. The van der Waals surface area contributed by atoms with Gasteiger partial charge < -0.3 is 15.1 Å². The number of nitrogens with zero attached hydrogens (tertiary/aromatic N) is 1. The zero-order chi connectivity index (χ0) is 9.14. The van der Waals surface area contributed by atoms with Gasteiger partial charge in [0, 0.05) is 26.3 Å². The fourth-order valence-corrected chi connectivity index (χ4v) is 2.09. The first-order valence-corrected chi connectivity index (χ1v) is 4.59. The summed E-state index contributed by atoms with van der Waals surface area (Å²) in [5, 5.41) is 18.1. The van der Waals surface area contributed by atoms with E-state index in [4.69, 9.17) is 10.2 Å². The molecule has 3 nitrogen and oxygen atoms in total. The molecule has 0 aromatic carbocycles. The Balaban J connectivity index is 2.51. The highest BCUT2D eigenvalue weighted by atomic mass is 16.3.